The van der Waals surface area contributed by atoms with E-state index in [9.17, 15) is 0 Å². The summed E-state index contributed by atoms with van der Waals surface area (Å²) in [7, 11) is 0. The van der Waals surface area contributed by atoms with Crippen molar-refractivity contribution in [3.63, 3.8) is 0 Å². The van der Waals surface area contributed by atoms with Gasteiger partial charge in [-0.2, -0.15) is 0 Å². The number of nitrogens with one attached hydrogen (secondary N) is 1. The molecule has 0 amide bonds. The lowest BCUT2D eigenvalue weighted by Gasteiger charge is -2.18. The van der Waals surface area contributed by atoms with Crippen molar-refractivity contribution in [3.05, 3.63) is 10.6 Å². The van der Waals surface area contributed by atoms with Crippen molar-refractivity contribution < 1.29 is 4.74 Å². The summed E-state index contributed by atoms with van der Waals surface area (Å²) in [5.41, 5.74) is 1.17. The smallest absolute Gasteiger partial charge is 0.0800 e. The molecule has 1 aromatic rings. The first-order chi connectivity index (χ1) is 9.85. The van der Waals surface area contributed by atoms with E-state index in [1.165, 1.54) is 36.3 Å². The van der Waals surface area contributed by atoms with E-state index >= 15 is 0 Å². The second kappa shape index (κ2) is 8.70. The summed E-state index contributed by atoms with van der Waals surface area (Å²) in [6.45, 7) is 6.39. The van der Waals surface area contributed by atoms with Crippen molar-refractivity contribution in [3.8, 4) is 0 Å². The summed E-state index contributed by atoms with van der Waals surface area (Å²) in [5.74, 6) is 0. The topological polar surface area (TPSA) is 47.0 Å². The zero-order valence-electron chi connectivity index (χ0n) is 12.7. The maximum absolute atomic E-state index is 5.71. The number of rotatable bonds is 9. The van der Waals surface area contributed by atoms with Gasteiger partial charge in [0.15, 0.2) is 0 Å². The van der Waals surface area contributed by atoms with Crippen molar-refractivity contribution in [2.75, 3.05) is 13.2 Å². The predicted molar refractivity (Wildman–Crippen MR) is 83.1 cm³/mol. The summed E-state index contributed by atoms with van der Waals surface area (Å²) in [6, 6.07) is 0.423. The molecular weight excluding hydrogens is 270 g/mol. The zero-order chi connectivity index (χ0) is 14.2. The summed E-state index contributed by atoms with van der Waals surface area (Å²) >= 11 is 1.56. The number of nitrogens with zero attached hydrogens (tertiary/aromatic N) is 2. The molecule has 114 valence electrons. The Morgan fingerprint density at radius 3 is 3.05 bits per heavy atom. The van der Waals surface area contributed by atoms with E-state index in [0.29, 0.717) is 12.1 Å². The molecule has 4 nitrogen and oxygen atoms in total. The molecule has 1 aromatic heterocycles. The highest BCUT2D eigenvalue weighted by Crippen LogP contribution is 2.27. The van der Waals surface area contributed by atoms with Gasteiger partial charge in [-0.1, -0.05) is 18.3 Å². The van der Waals surface area contributed by atoms with Crippen molar-refractivity contribution in [2.24, 2.45) is 0 Å². The Balaban J connectivity index is 1.86. The summed E-state index contributed by atoms with van der Waals surface area (Å²) in [6.07, 6.45) is 8.70. The Morgan fingerprint density at radius 1 is 1.45 bits per heavy atom. The predicted octanol–water partition coefficient (Wildman–Crippen LogP) is 3.49. The molecule has 2 heterocycles. The lowest BCUT2D eigenvalue weighted by molar-refractivity contribution is 0.101. The molecule has 5 heteroatoms. The molecule has 0 bridgehead atoms. The minimum absolute atomic E-state index is 0.423. The van der Waals surface area contributed by atoms with Crippen molar-refractivity contribution in [2.45, 2.75) is 70.9 Å². The monoisotopic (exact) mass is 297 g/mol. The van der Waals surface area contributed by atoms with Gasteiger partial charge in [0, 0.05) is 12.6 Å². The number of aryl methyl sites for hydroxylation is 1. The first kappa shape index (κ1) is 15.9. The van der Waals surface area contributed by atoms with Gasteiger partial charge in [-0.15, -0.1) is 5.10 Å². The van der Waals surface area contributed by atoms with Crippen LogP contribution in [0, 0.1) is 0 Å². The molecule has 1 aliphatic rings. The Bertz CT molecular complexity index is 377. The number of ether oxygens (including phenoxy) is 1. The van der Waals surface area contributed by atoms with E-state index in [0.717, 1.165) is 32.4 Å². The second-order valence-corrected chi connectivity index (χ2v) is 6.30. The fourth-order valence-electron chi connectivity index (χ4n) is 2.79. The Kier molecular flexibility index (Phi) is 6.90. The molecular formula is C15H27N3OS. The molecule has 2 rings (SSSR count). The molecule has 1 fully saturated rings. The largest absolute Gasteiger partial charge is 0.378 e. The van der Waals surface area contributed by atoms with Crippen LogP contribution in [0.15, 0.2) is 0 Å². The van der Waals surface area contributed by atoms with Gasteiger partial charge in [0.25, 0.3) is 0 Å². The molecule has 1 saturated heterocycles. The van der Waals surface area contributed by atoms with Gasteiger partial charge < -0.3 is 10.1 Å². The molecule has 0 aromatic carbocycles. The fourth-order valence-corrected chi connectivity index (χ4v) is 3.64. The van der Waals surface area contributed by atoms with Crippen LogP contribution >= 0.6 is 11.5 Å². The van der Waals surface area contributed by atoms with Gasteiger partial charge in [0.05, 0.1) is 16.7 Å². The maximum atomic E-state index is 5.71. The number of hydrogen-bond donors (Lipinski definition) is 1. The zero-order valence-corrected chi connectivity index (χ0v) is 13.5. The summed E-state index contributed by atoms with van der Waals surface area (Å²) < 4.78 is 9.84. The highest BCUT2D eigenvalue weighted by atomic mass is 32.1. The quantitative estimate of drug-likeness (QED) is 0.758. The molecule has 0 saturated carbocycles. The minimum atomic E-state index is 0.423. The number of hydrogen-bond acceptors (Lipinski definition) is 5. The van der Waals surface area contributed by atoms with Crippen LogP contribution in [0.2, 0.25) is 0 Å². The maximum Gasteiger partial charge on any atom is 0.0800 e. The molecule has 2 unspecified atom stereocenters. The van der Waals surface area contributed by atoms with E-state index in [-0.39, 0.29) is 0 Å². The molecule has 0 spiro atoms. The average Bonchev–Trinajstić information content (AvgIpc) is 3.13. The minimum Gasteiger partial charge on any atom is -0.378 e. The van der Waals surface area contributed by atoms with Crippen LogP contribution in [0.4, 0.5) is 0 Å². The number of aromatic nitrogens is 2. The van der Waals surface area contributed by atoms with E-state index in [1.807, 2.05) is 0 Å². The van der Waals surface area contributed by atoms with Gasteiger partial charge in [0.2, 0.25) is 0 Å². The molecule has 1 N–H and O–H groups in total. The van der Waals surface area contributed by atoms with Crippen LogP contribution in [0.5, 0.6) is 0 Å². The van der Waals surface area contributed by atoms with Crippen LogP contribution in [-0.2, 0) is 11.2 Å². The Hall–Kier alpha value is -0.520. The van der Waals surface area contributed by atoms with Crippen LogP contribution in [-0.4, -0.2) is 28.8 Å². The van der Waals surface area contributed by atoms with Gasteiger partial charge >= 0.3 is 0 Å². The molecule has 0 aliphatic carbocycles. The lowest BCUT2D eigenvalue weighted by atomic mass is 10.0. The highest BCUT2D eigenvalue weighted by Gasteiger charge is 2.20. The van der Waals surface area contributed by atoms with Crippen LogP contribution in [0.3, 0.4) is 0 Å². The summed E-state index contributed by atoms with van der Waals surface area (Å²) in [4.78, 5) is 1.34. The highest BCUT2D eigenvalue weighted by molar-refractivity contribution is 7.05. The molecule has 1 aliphatic heterocycles. The first-order valence-electron chi connectivity index (χ1n) is 8.01. The Morgan fingerprint density at radius 2 is 2.35 bits per heavy atom. The SMILES string of the molecule is CCCNC(CCCC1CCCO1)c1snnc1CC. The third-order valence-electron chi connectivity index (χ3n) is 3.92. The Labute approximate surface area is 126 Å². The van der Waals surface area contributed by atoms with Crippen molar-refractivity contribution in [1.82, 2.24) is 14.9 Å². The van der Waals surface area contributed by atoms with Crippen molar-refractivity contribution in [1.29, 1.82) is 0 Å². The van der Waals surface area contributed by atoms with Crippen LogP contribution < -0.4 is 5.32 Å². The normalized spacial score (nSPS) is 20.4. The molecule has 2 atom stereocenters. The van der Waals surface area contributed by atoms with E-state index in [2.05, 4.69) is 28.8 Å². The fraction of sp³-hybridized carbons (Fsp3) is 0.867. The van der Waals surface area contributed by atoms with Gasteiger partial charge in [-0.25, -0.2) is 0 Å². The van der Waals surface area contributed by atoms with E-state index in [1.54, 1.807) is 11.5 Å². The van der Waals surface area contributed by atoms with E-state index < -0.39 is 0 Å². The lowest BCUT2D eigenvalue weighted by Crippen LogP contribution is -2.22. The standard InChI is InChI=1S/C15H27N3OS/c1-3-10-16-14(15-13(4-2)17-18-20-15)9-5-7-12-8-6-11-19-12/h12,14,16H,3-11H2,1-2H3. The summed E-state index contributed by atoms with van der Waals surface area (Å²) in [5, 5.41) is 7.91. The third-order valence-corrected chi connectivity index (χ3v) is 4.80. The van der Waals surface area contributed by atoms with Crippen molar-refractivity contribution >= 4 is 11.5 Å². The van der Waals surface area contributed by atoms with Gasteiger partial charge in [0.1, 0.15) is 0 Å². The van der Waals surface area contributed by atoms with Crippen LogP contribution in [0.1, 0.15) is 69.0 Å². The van der Waals surface area contributed by atoms with Gasteiger partial charge in [-0.3, -0.25) is 0 Å². The molecule has 0 radical (unpaired) electrons. The first-order valence-corrected chi connectivity index (χ1v) is 8.78. The van der Waals surface area contributed by atoms with Gasteiger partial charge in [-0.05, 0) is 63.0 Å². The third kappa shape index (κ3) is 4.50. The average molecular weight is 297 g/mol. The van der Waals surface area contributed by atoms with E-state index in [4.69, 9.17) is 4.74 Å². The molecule has 20 heavy (non-hydrogen) atoms. The second-order valence-electron chi connectivity index (χ2n) is 5.51. The van der Waals surface area contributed by atoms with Crippen LogP contribution in [0.25, 0.3) is 0 Å².